The van der Waals surface area contributed by atoms with Gasteiger partial charge in [-0.2, -0.15) is 0 Å². The summed E-state index contributed by atoms with van der Waals surface area (Å²) in [4.78, 5) is 11.6. The van der Waals surface area contributed by atoms with Gasteiger partial charge < -0.3 is 5.32 Å². The Balaban J connectivity index is 2.36. The quantitative estimate of drug-likeness (QED) is 0.786. The van der Waals surface area contributed by atoms with Crippen LogP contribution in [0.2, 0.25) is 0 Å². The normalized spacial score (nSPS) is 12.1. The second-order valence-corrected chi connectivity index (χ2v) is 3.92. The van der Waals surface area contributed by atoms with Gasteiger partial charge in [-0.05, 0) is 18.9 Å². The van der Waals surface area contributed by atoms with Crippen molar-refractivity contribution in [1.82, 2.24) is 5.32 Å². The summed E-state index contributed by atoms with van der Waals surface area (Å²) >= 11 is 0. The molecule has 0 radical (unpaired) electrons. The molecule has 2 heteroatoms. The van der Waals surface area contributed by atoms with Gasteiger partial charge in [0.05, 0.1) is 6.42 Å². The van der Waals surface area contributed by atoms with E-state index >= 15 is 0 Å². The molecule has 0 aliphatic heterocycles. The highest BCUT2D eigenvalue weighted by Crippen LogP contribution is 2.01. The van der Waals surface area contributed by atoms with Crippen molar-refractivity contribution in [2.45, 2.75) is 39.2 Å². The molecule has 15 heavy (non-hydrogen) atoms. The maximum Gasteiger partial charge on any atom is 0.224 e. The van der Waals surface area contributed by atoms with Crippen molar-refractivity contribution in [1.29, 1.82) is 0 Å². The average Bonchev–Trinajstić information content (AvgIpc) is 2.19. The lowest BCUT2D eigenvalue weighted by Gasteiger charge is -2.12. The van der Waals surface area contributed by atoms with Crippen LogP contribution >= 0.6 is 0 Å². The van der Waals surface area contributed by atoms with Crippen molar-refractivity contribution < 1.29 is 4.79 Å². The van der Waals surface area contributed by atoms with Gasteiger partial charge in [-0.3, -0.25) is 4.79 Å². The minimum atomic E-state index is 0.113. The highest BCUT2D eigenvalue weighted by molar-refractivity contribution is 5.78. The summed E-state index contributed by atoms with van der Waals surface area (Å²) in [5.41, 5.74) is 1.07. The number of carbonyl (C=O) groups excluding carboxylic acids is 1. The highest BCUT2D eigenvalue weighted by Gasteiger charge is 2.06. The van der Waals surface area contributed by atoms with Crippen LogP contribution in [0.4, 0.5) is 0 Å². The Hall–Kier alpha value is -1.31. The summed E-state index contributed by atoms with van der Waals surface area (Å²) in [5, 5.41) is 2.99. The van der Waals surface area contributed by atoms with Gasteiger partial charge in [-0.25, -0.2) is 0 Å². The molecule has 0 aliphatic carbocycles. The van der Waals surface area contributed by atoms with E-state index in [1.807, 2.05) is 37.3 Å². The highest BCUT2D eigenvalue weighted by atomic mass is 16.1. The number of hydrogen-bond acceptors (Lipinski definition) is 1. The lowest BCUT2D eigenvalue weighted by atomic mass is 10.1. The molecule has 0 unspecified atom stereocenters. The fourth-order valence-electron chi connectivity index (χ4n) is 1.61. The summed E-state index contributed by atoms with van der Waals surface area (Å²) in [6.07, 6.45) is 2.63. The van der Waals surface area contributed by atoms with Gasteiger partial charge in [0.15, 0.2) is 0 Å². The van der Waals surface area contributed by atoms with E-state index in [2.05, 4.69) is 12.2 Å². The molecule has 0 aromatic heterocycles. The minimum absolute atomic E-state index is 0.113. The SMILES string of the molecule is CCC[C@H](C)NC(=O)Cc1ccccc1. The van der Waals surface area contributed by atoms with E-state index in [1.165, 1.54) is 0 Å². The van der Waals surface area contributed by atoms with E-state index in [0.29, 0.717) is 6.42 Å². The Bertz CT molecular complexity index is 295. The van der Waals surface area contributed by atoms with E-state index < -0.39 is 0 Å². The fourth-order valence-corrected chi connectivity index (χ4v) is 1.61. The topological polar surface area (TPSA) is 29.1 Å². The van der Waals surface area contributed by atoms with Crippen LogP contribution in [0.25, 0.3) is 0 Å². The lowest BCUT2D eigenvalue weighted by Crippen LogP contribution is -2.33. The first-order valence-corrected chi connectivity index (χ1v) is 5.55. The van der Waals surface area contributed by atoms with Gasteiger partial charge >= 0.3 is 0 Å². The first-order chi connectivity index (χ1) is 7.22. The maximum atomic E-state index is 11.6. The zero-order valence-electron chi connectivity index (χ0n) is 9.49. The third-order valence-corrected chi connectivity index (χ3v) is 2.34. The average molecular weight is 205 g/mol. The Kier molecular flexibility index (Phi) is 4.88. The monoisotopic (exact) mass is 205 g/mol. The number of rotatable bonds is 5. The predicted octanol–water partition coefficient (Wildman–Crippen LogP) is 2.53. The first-order valence-electron chi connectivity index (χ1n) is 5.55. The molecule has 0 fully saturated rings. The van der Waals surface area contributed by atoms with Crippen LogP contribution in [-0.2, 0) is 11.2 Å². The number of benzene rings is 1. The maximum absolute atomic E-state index is 11.6. The lowest BCUT2D eigenvalue weighted by molar-refractivity contribution is -0.121. The Labute approximate surface area is 91.7 Å². The van der Waals surface area contributed by atoms with Crippen molar-refractivity contribution in [2.24, 2.45) is 0 Å². The summed E-state index contributed by atoms with van der Waals surface area (Å²) in [6, 6.07) is 10.1. The Morgan fingerprint density at radius 2 is 2.00 bits per heavy atom. The summed E-state index contributed by atoms with van der Waals surface area (Å²) in [6.45, 7) is 4.17. The number of hydrogen-bond donors (Lipinski definition) is 1. The van der Waals surface area contributed by atoms with Crippen molar-refractivity contribution in [3.8, 4) is 0 Å². The largest absolute Gasteiger partial charge is 0.353 e. The van der Waals surface area contributed by atoms with Crippen LogP contribution in [0.15, 0.2) is 30.3 Å². The van der Waals surface area contributed by atoms with Gasteiger partial charge in [0.2, 0.25) is 5.91 Å². The molecule has 0 aliphatic rings. The van der Waals surface area contributed by atoms with Gasteiger partial charge in [0, 0.05) is 6.04 Å². The molecule has 2 nitrogen and oxygen atoms in total. The van der Waals surface area contributed by atoms with Crippen molar-refractivity contribution >= 4 is 5.91 Å². The number of carbonyl (C=O) groups is 1. The predicted molar refractivity (Wildman–Crippen MR) is 62.7 cm³/mol. The molecule has 1 atom stereocenters. The summed E-state index contributed by atoms with van der Waals surface area (Å²) in [7, 11) is 0. The molecular weight excluding hydrogens is 186 g/mol. The fraction of sp³-hybridized carbons (Fsp3) is 0.462. The molecule has 1 aromatic rings. The van der Waals surface area contributed by atoms with Crippen molar-refractivity contribution in [3.05, 3.63) is 35.9 Å². The molecular formula is C13H19NO. The smallest absolute Gasteiger partial charge is 0.224 e. The third-order valence-electron chi connectivity index (χ3n) is 2.34. The Morgan fingerprint density at radius 1 is 1.33 bits per heavy atom. The standard InChI is InChI=1S/C13H19NO/c1-3-7-11(2)14-13(15)10-12-8-5-4-6-9-12/h4-6,8-9,11H,3,7,10H2,1-2H3,(H,14,15)/t11-/m0/s1. The molecule has 0 heterocycles. The second kappa shape index (κ2) is 6.23. The van der Waals surface area contributed by atoms with E-state index in [4.69, 9.17) is 0 Å². The Morgan fingerprint density at radius 3 is 2.60 bits per heavy atom. The first kappa shape index (κ1) is 11.8. The third kappa shape index (κ3) is 4.63. The molecule has 0 saturated heterocycles. The molecule has 82 valence electrons. The van der Waals surface area contributed by atoms with Crippen molar-refractivity contribution in [2.75, 3.05) is 0 Å². The van der Waals surface area contributed by atoms with Gasteiger partial charge in [0.25, 0.3) is 0 Å². The van der Waals surface area contributed by atoms with Crippen LogP contribution in [0.1, 0.15) is 32.3 Å². The van der Waals surface area contributed by atoms with Crippen molar-refractivity contribution in [3.63, 3.8) is 0 Å². The van der Waals surface area contributed by atoms with E-state index in [9.17, 15) is 4.79 Å². The van der Waals surface area contributed by atoms with E-state index in [0.717, 1.165) is 18.4 Å². The number of amides is 1. The molecule has 1 rings (SSSR count). The van der Waals surface area contributed by atoms with E-state index in [1.54, 1.807) is 0 Å². The van der Waals surface area contributed by atoms with E-state index in [-0.39, 0.29) is 11.9 Å². The molecule has 1 N–H and O–H groups in total. The zero-order chi connectivity index (χ0) is 11.1. The molecule has 0 bridgehead atoms. The van der Waals surface area contributed by atoms with Crippen LogP contribution < -0.4 is 5.32 Å². The molecule has 0 saturated carbocycles. The van der Waals surface area contributed by atoms with Crippen LogP contribution in [0.3, 0.4) is 0 Å². The van der Waals surface area contributed by atoms with Crippen LogP contribution in [0, 0.1) is 0 Å². The summed E-state index contributed by atoms with van der Waals surface area (Å²) < 4.78 is 0. The minimum Gasteiger partial charge on any atom is -0.353 e. The zero-order valence-corrected chi connectivity index (χ0v) is 9.49. The van der Waals surface area contributed by atoms with Crippen LogP contribution in [-0.4, -0.2) is 11.9 Å². The van der Waals surface area contributed by atoms with Crippen LogP contribution in [0.5, 0.6) is 0 Å². The molecule has 1 aromatic carbocycles. The molecule has 0 spiro atoms. The second-order valence-electron chi connectivity index (χ2n) is 3.92. The van der Waals surface area contributed by atoms with Gasteiger partial charge in [0.1, 0.15) is 0 Å². The van der Waals surface area contributed by atoms with Gasteiger partial charge in [-0.15, -0.1) is 0 Å². The van der Waals surface area contributed by atoms with Gasteiger partial charge in [-0.1, -0.05) is 43.7 Å². The summed E-state index contributed by atoms with van der Waals surface area (Å²) in [5.74, 6) is 0.113. The number of nitrogens with one attached hydrogen (secondary N) is 1. The molecule has 1 amide bonds.